The van der Waals surface area contributed by atoms with Crippen molar-refractivity contribution in [2.45, 2.75) is 19.6 Å². The molecular weight excluding hydrogens is 336 g/mol. The number of aromatic hydroxyl groups is 1. The molecule has 1 aliphatic rings. The molecule has 0 fully saturated rings. The normalized spacial score (nSPS) is 15.9. The molecule has 5 nitrogen and oxygen atoms in total. The van der Waals surface area contributed by atoms with Crippen LogP contribution >= 0.6 is 15.9 Å². The van der Waals surface area contributed by atoms with E-state index in [1.807, 2.05) is 32.0 Å². The smallest absolute Gasteiger partial charge is 0.259 e. The van der Waals surface area contributed by atoms with Gasteiger partial charge in [-0.05, 0) is 38.1 Å². The highest BCUT2D eigenvalue weighted by atomic mass is 79.9. The Bertz CT molecular complexity index is 809. The number of benzene rings is 1. The minimum absolute atomic E-state index is 0.0716. The van der Waals surface area contributed by atoms with Gasteiger partial charge in [-0.1, -0.05) is 15.9 Å². The van der Waals surface area contributed by atoms with Gasteiger partial charge in [0.15, 0.2) is 5.72 Å². The van der Waals surface area contributed by atoms with Crippen molar-refractivity contribution in [1.29, 1.82) is 0 Å². The Hall–Kier alpha value is -2.08. The van der Waals surface area contributed by atoms with Crippen LogP contribution < -0.4 is 10.3 Å². The maximum absolute atomic E-state index is 12.1. The third kappa shape index (κ3) is 2.58. The molecule has 2 aromatic rings. The van der Waals surface area contributed by atoms with Crippen molar-refractivity contribution in [2.24, 2.45) is 4.99 Å². The molecule has 0 radical (unpaired) electrons. The Balaban J connectivity index is 2.27. The summed E-state index contributed by atoms with van der Waals surface area (Å²) in [6, 6.07) is 8.16. The van der Waals surface area contributed by atoms with Crippen LogP contribution in [0.25, 0.3) is 0 Å². The van der Waals surface area contributed by atoms with Gasteiger partial charge in [0.05, 0.1) is 5.56 Å². The highest BCUT2D eigenvalue weighted by molar-refractivity contribution is 9.10. The van der Waals surface area contributed by atoms with Gasteiger partial charge in [-0.25, -0.2) is 4.99 Å². The topological polar surface area (TPSA) is 63.8 Å². The average molecular weight is 349 g/mol. The predicted molar refractivity (Wildman–Crippen MR) is 83.2 cm³/mol. The fourth-order valence-electron chi connectivity index (χ4n) is 2.20. The van der Waals surface area contributed by atoms with E-state index in [0.29, 0.717) is 11.6 Å². The Morgan fingerprint density at radius 1 is 1.29 bits per heavy atom. The molecule has 0 spiro atoms. The summed E-state index contributed by atoms with van der Waals surface area (Å²) in [6.45, 7) is 3.65. The number of hydrogen-bond acceptors (Lipinski definition) is 4. The molecule has 0 amide bonds. The fourth-order valence-corrected chi connectivity index (χ4v) is 2.56. The van der Waals surface area contributed by atoms with Crippen LogP contribution in [0.1, 0.15) is 19.4 Å². The average Bonchev–Trinajstić information content (AvgIpc) is 2.38. The lowest BCUT2D eigenvalue weighted by atomic mass is 10.1. The lowest BCUT2D eigenvalue weighted by molar-refractivity contribution is 0.114. The van der Waals surface area contributed by atoms with Gasteiger partial charge < -0.3 is 9.84 Å². The summed E-state index contributed by atoms with van der Waals surface area (Å²) in [6.07, 6.45) is 1.50. The minimum atomic E-state index is -0.770. The maximum Gasteiger partial charge on any atom is 0.259 e. The number of pyridine rings is 1. The van der Waals surface area contributed by atoms with Gasteiger partial charge in [0.25, 0.3) is 5.56 Å². The molecule has 0 aliphatic carbocycles. The summed E-state index contributed by atoms with van der Waals surface area (Å²) >= 11 is 3.41. The lowest BCUT2D eigenvalue weighted by Gasteiger charge is -2.30. The summed E-state index contributed by atoms with van der Waals surface area (Å²) in [5, 5.41) is 9.39. The van der Waals surface area contributed by atoms with Crippen LogP contribution in [0.5, 0.6) is 11.5 Å². The molecule has 0 saturated heterocycles. The Kier molecular flexibility index (Phi) is 3.13. The zero-order valence-electron chi connectivity index (χ0n) is 11.5. The summed E-state index contributed by atoms with van der Waals surface area (Å²) in [4.78, 5) is 16.6. The largest absolute Gasteiger partial charge is 0.508 e. The van der Waals surface area contributed by atoms with Crippen LogP contribution in [0.4, 0.5) is 0 Å². The predicted octanol–water partition coefficient (Wildman–Crippen LogP) is 2.74. The van der Waals surface area contributed by atoms with E-state index in [9.17, 15) is 9.90 Å². The second-order valence-corrected chi connectivity index (χ2v) is 6.13. The van der Waals surface area contributed by atoms with Gasteiger partial charge in [-0.15, -0.1) is 0 Å². The zero-order valence-corrected chi connectivity index (χ0v) is 13.1. The molecular formula is C15H13BrN2O3. The van der Waals surface area contributed by atoms with Crippen LogP contribution in [0.3, 0.4) is 0 Å². The summed E-state index contributed by atoms with van der Waals surface area (Å²) < 4.78 is 8.08. The third-order valence-corrected chi connectivity index (χ3v) is 3.54. The first-order valence-electron chi connectivity index (χ1n) is 6.36. The molecule has 0 unspecified atom stereocenters. The highest BCUT2D eigenvalue weighted by Crippen LogP contribution is 2.32. The van der Waals surface area contributed by atoms with Gasteiger partial charge in [0, 0.05) is 16.7 Å². The van der Waals surface area contributed by atoms with Crippen molar-refractivity contribution in [2.75, 3.05) is 0 Å². The molecule has 21 heavy (non-hydrogen) atoms. The van der Waals surface area contributed by atoms with Crippen molar-refractivity contribution in [3.63, 3.8) is 0 Å². The van der Waals surface area contributed by atoms with E-state index in [2.05, 4.69) is 20.9 Å². The molecule has 1 aliphatic heterocycles. The van der Waals surface area contributed by atoms with Crippen molar-refractivity contribution in [3.8, 4) is 11.5 Å². The fraction of sp³-hybridized carbons (Fsp3) is 0.200. The van der Waals surface area contributed by atoms with Crippen LogP contribution in [0.2, 0.25) is 0 Å². The molecule has 1 aromatic carbocycles. The van der Waals surface area contributed by atoms with Crippen LogP contribution in [-0.2, 0) is 0 Å². The number of nitrogens with zero attached hydrogens (tertiary/aromatic N) is 2. The van der Waals surface area contributed by atoms with Crippen LogP contribution in [-0.4, -0.2) is 21.2 Å². The standard InChI is InChI=1S/C15H13BrN2O3/c1-15(2)17-14(18-6-5-10(19)8-13(18)20)11-7-9(16)3-4-12(11)21-15/h3-8,19H,1-2H3. The number of halogens is 1. The Morgan fingerprint density at radius 3 is 2.76 bits per heavy atom. The van der Waals surface area contributed by atoms with E-state index in [0.717, 1.165) is 16.1 Å². The molecule has 0 atom stereocenters. The molecule has 108 valence electrons. The monoisotopic (exact) mass is 348 g/mol. The molecule has 0 bridgehead atoms. The van der Waals surface area contributed by atoms with Crippen molar-refractivity contribution in [1.82, 2.24) is 4.57 Å². The SMILES string of the molecule is CC1(C)N=C(n2ccc(O)cc2=O)c2cc(Br)ccc2O1. The Morgan fingerprint density at radius 2 is 2.05 bits per heavy atom. The minimum Gasteiger partial charge on any atom is -0.508 e. The lowest BCUT2D eigenvalue weighted by Crippen LogP contribution is -2.37. The third-order valence-electron chi connectivity index (χ3n) is 3.05. The molecule has 0 saturated carbocycles. The number of rotatable bonds is 0. The van der Waals surface area contributed by atoms with E-state index in [-0.39, 0.29) is 11.3 Å². The molecule has 3 rings (SSSR count). The molecule has 6 heteroatoms. The number of fused-ring (bicyclic) bond motifs is 1. The molecule has 1 aromatic heterocycles. The highest BCUT2D eigenvalue weighted by Gasteiger charge is 2.29. The first kappa shape index (κ1) is 13.9. The quantitative estimate of drug-likeness (QED) is 0.796. The van der Waals surface area contributed by atoms with Gasteiger partial charge in [-0.3, -0.25) is 9.36 Å². The summed E-state index contributed by atoms with van der Waals surface area (Å²) in [7, 11) is 0. The van der Waals surface area contributed by atoms with E-state index >= 15 is 0 Å². The number of hydrogen-bond donors (Lipinski definition) is 1. The van der Waals surface area contributed by atoms with Crippen molar-refractivity contribution in [3.05, 3.63) is 56.9 Å². The second kappa shape index (κ2) is 4.73. The summed E-state index contributed by atoms with van der Waals surface area (Å²) in [5.74, 6) is 1.08. The van der Waals surface area contributed by atoms with Crippen molar-refractivity contribution < 1.29 is 9.84 Å². The second-order valence-electron chi connectivity index (χ2n) is 5.22. The van der Waals surface area contributed by atoms with Crippen LogP contribution in [0, 0.1) is 0 Å². The van der Waals surface area contributed by atoms with Crippen LogP contribution in [0.15, 0.2) is 50.8 Å². The van der Waals surface area contributed by atoms with E-state index in [1.54, 1.807) is 0 Å². The maximum atomic E-state index is 12.1. The van der Waals surface area contributed by atoms with Gasteiger partial charge in [0.2, 0.25) is 0 Å². The van der Waals surface area contributed by atoms with Gasteiger partial charge in [0.1, 0.15) is 17.3 Å². The van der Waals surface area contributed by atoms with E-state index in [4.69, 9.17) is 4.74 Å². The van der Waals surface area contributed by atoms with Gasteiger partial charge >= 0.3 is 0 Å². The van der Waals surface area contributed by atoms with Crippen molar-refractivity contribution >= 4 is 21.8 Å². The summed E-state index contributed by atoms with van der Waals surface area (Å²) in [5.41, 5.74) is -0.401. The number of aliphatic imine (C=N–C) groups is 1. The first-order valence-corrected chi connectivity index (χ1v) is 7.16. The first-order chi connectivity index (χ1) is 9.85. The van der Waals surface area contributed by atoms with Gasteiger partial charge in [-0.2, -0.15) is 0 Å². The van der Waals surface area contributed by atoms with E-state index < -0.39 is 5.72 Å². The number of aromatic nitrogens is 1. The Labute approximate surface area is 129 Å². The molecule has 2 heterocycles. The zero-order chi connectivity index (χ0) is 15.2. The molecule has 1 N–H and O–H groups in total. The van der Waals surface area contributed by atoms with E-state index in [1.165, 1.54) is 16.8 Å². The number of ether oxygens (including phenoxy) is 1.